The van der Waals surface area contributed by atoms with Crippen molar-refractivity contribution >= 4 is 0 Å². The Morgan fingerprint density at radius 2 is 1.75 bits per heavy atom. The Bertz CT molecular complexity index is 954. The largest absolute Gasteiger partial charge is 0.491 e. The molecule has 2 aromatic rings. The van der Waals surface area contributed by atoms with Gasteiger partial charge in [-0.15, -0.1) is 0 Å². The van der Waals surface area contributed by atoms with Gasteiger partial charge in [-0.3, -0.25) is 0 Å². The molecule has 0 saturated heterocycles. The van der Waals surface area contributed by atoms with Gasteiger partial charge in [-0.2, -0.15) is 4.39 Å². The van der Waals surface area contributed by atoms with Crippen molar-refractivity contribution in [2.45, 2.75) is 58.8 Å². The maximum absolute atomic E-state index is 14.4. The number of allylic oxidation sites excluding steroid dienone is 6. The van der Waals surface area contributed by atoms with Crippen LogP contribution in [0.3, 0.4) is 0 Å². The van der Waals surface area contributed by atoms with Gasteiger partial charge in [0.05, 0.1) is 6.61 Å². The van der Waals surface area contributed by atoms with Gasteiger partial charge >= 0.3 is 0 Å². The summed E-state index contributed by atoms with van der Waals surface area (Å²) in [7, 11) is 0. The summed E-state index contributed by atoms with van der Waals surface area (Å²) in [5, 5.41) is 0. The summed E-state index contributed by atoms with van der Waals surface area (Å²) in [5.74, 6) is -1.19. The highest BCUT2D eigenvalue weighted by Gasteiger charge is 2.15. The Morgan fingerprint density at radius 1 is 0.969 bits per heavy atom. The maximum Gasteiger partial charge on any atom is 0.201 e. The first-order chi connectivity index (χ1) is 15.6. The third-order valence-corrected chi connectivity index (χ3v) is 6.03. The zero-order valence-corrected chi connectivity index (χ0v) is 19.2. The number of benzene rings is 2. The molecule has 1 nitrogen and oxygen atoms in total. The molecule has 0 aliphatic heterocycles. The van der Waals surface area contributed by atoms with E-state index in [2.05, 4.69) is 37.3 Å². The first kappa shape index (κ1) is 24.0. The number of hydrogen-bond acceptors (Lipinski definition) is 1. The topological polar surface area (TPSA) is 9.23 Å². The van der Waals surface area contributed by atoms with Crippen molar-refractivity contribution in [3.63, 3.8) is 0 Å². The lowest BCUT2D eigenvalue weighted by Crippen LogP contribution is -2.03. The molecule has 0 radical (unpaired) electrons. The van der Waals surface area contributed by atoms with E-state index in [-0.39, 0.29) is 11.3 Å². The molecular formula is C29H34F2O. The van der Waals surface area contributed by atoms with Crippen molar-refractivity contribution in [3.8, 4) is 16.9 Å². The van der Waals surface area contributed by atoms with Crippen molar-refractivity contribution in [2.24, 2.45) is 5.92 Å². The van der Waals surface area contributed by atoms with Crippen molar-refractivity contribution in [1.82, 2.24) is 0 Å². The number of hydrogen-bond donors (Lipinski definition) is 0. The van der Waals surface area contributed by atoms with E-state index in [0.717, 1.165) is 25.7 Å². The third-order valence-electron chi connectivity index (χ3n) is 6.03. The Balaban J connectivity index is 1.49. The summed E-state index contributed by atoms with van der Waals surface area (Å²) in [4.78, 5) is 0. The molecule has 0 heterocycles. The second-order valence-corrected chi connectivity index (χ2v) is 8.34. The van der Waals surface area contributed by atoms with Gasteiger partial charge in [0.1, 0.15) is 0 Å². The van der Waals surface area contributed by atoms with Gasteiger partial charge in [-0.25, -0.2) is 4.39 Å². The molecule has 0 spiro atoms. The highest BCUT2D eigenvalue weighted by Crippen LogP contribution is 2.30. The normalized spacial score (nSPS) is 16.6. The maximum atomic E-state index is 14.4. The van der Waals surface area contributed by atoms with Crippen molar-refractivity contribution in [2.75, 3.05) is 6.61 Å². The minimum absolute atomic E-state index is 0.0458. The molecule has 3 heteroatoms. The van der Waals surface area contributed by atoms with Crippen LogP contribution in [0.5, 0.6) is 5.75 Å². The molecule has 0 saturated carbocycles. The molecule has 0 fully saturated rings. The van der Waals surface area contributed by atoms with Gasteiger partial charge in [0.25, 0.3) is 0 Å². The van der Waals surface area contributed by atoms with Crippen molar-refractivity contribution in [3.05, 3.63) is 89.5 Å². The van der Waals surface area contributed by atoms with Crippen LogP contribution in [0, 0.1) is 17.6 Å². The number of halogens is 2. The van der Waals surface area contributed by atoms with Crippen LogP contribution < -0.4 is 4.74 Å². The number of aryl methyl sites for hydroxylation is 1. The third kappa shape index (κ3) is 6.66. The van der Waals surface area contributed by atoms with Gasteiger partial charge in [-0.1, -0.05) is 60.2 Å². The fourth-order valence-electron chi connectivity index (χ4n) is 4.16. The lowest BCUT2D eigenvalue weighted by molar-refractivity contribution is 0.314. The van der Waals surface area contributed by atoms with Crippen LogP contribution in [0.4, 0.5) is 8.78 Å². The molecule has 1 aliphatic rings. The van der Waals surface area contributed by atoms with E-state index in [1.165, 1.54) is 30.9 Å². The SMILES string of the molecule is CC=CCCC1=CCC(C=CCCc2ccc(-c3ccc(OCC)c(F)c3F)cc2)CC1. The lowest BCUT2D eigenvalue weighted by Gasteiger charge is -2.19. The smallest absolute Gasteiger partial charge is 0.201 e. The Labute approximate surface area is 191 Å². The monoisotopic (exact) mass is 436 g/mol. The molecular weight excluding hydrogens is 402 g/mol. The summed E-state index contributed by atoms with van der Waals surface area (Å²) >= 11 is 0. The first-order valence-electron chi connectivity index (χ1n) is 11.8. The van der Waals surface area contributed by atoms with Crippen LogP contribution >= 0.6 is 0 Å². The molecule has 2 aromatic carbocycles. The van der Waals surface area contributed by atoms with Crippen LogP contribution in [-0.4, -0.2) is 6.61 Å². The molecule has 3 rings (SSSR count). The quantitative estimate of drug-likeness (QED) is 0.339. The van der Waals surface area contributed by atoms with E-state index in [1.54, 1.807) is 18.6 Å². The fraction of sp³-hybridized carbons (Fsp3) is 0.379. The molecule has 170 valence electrons. The van der Waals surface area contributed by atoms with E-state index in [4.69, 9.17) is 4.74 Å². The standard InChI is InChI=1S/C29H34F2O/c1-3-5-6-9-22-12-14-23(15-13-22)10-7-8-11-24-16-18-25(19-17-24)26-20-21-27(32-4-2)29(31)28(26)30/h3,5,7,10,12,16-21,23H,4,6,8-9,11,13-15H2,1-2H3. The summed E-state index contributed by atoms with van der Waals surface area (Å²) < 4.78 is 33.7. The fourth-order valence-corrected chi connectivity index (χ4v) is 4.16. The molecule has 1 unspecified atom stereocenters. The van der Waals surface area contributed by atoms with Crippen molar-refractivity contribution < 1.29 is 13.5 Å². The second kappa shape index (κ2) is 12.4. The van der Waals surface area contributed by atoms with Gasteiger partial charge in [-0.05, 0) is 88.0 Å². The summed E-state index contributed by atoms with van der Waals surface area (Å²) in [6.45, 7) is 4.12. The number of ether oxygens (including phenoxy) is 1. The predicted octanol–water partition coefficient (Wildman–Crippen LogP) is 8.60. The average molecular weight is 437 g/mol. The minimum atomic E-state index is -0.930. The molecule has 0 aromatic heterocycles. The molecule has 0 N–H and O–H groups in total. The molecule has 1 atom stereocenters. The molecule has 1 aliphatic carbocycles. The minimum Gasteiger partial charge on any atom is -0.491 e. The Morgan fingerprint density at radius 3 is 2.44 bits per heavy atom. The van der Waals surface area contributed by atoms with Crippen LogP contribution in [-0.2, 0) is 6.42 Å². The summed E-state index contributed by atoms with van der Waals surface area (Å²) in [6.07, 6.45) is 19.4. The van der Waals surface area contributed by atoms with Crippen molar-refractivity contribution in [1.29, 1.82) is 0 Å². The van der Waals surface area contributed by atoms with E-state index in [9.17, 15) is 8.78 Å². The predicted molar refractivity (Wildman–Crippen MR) is 130 cm³/mol. The second-order valence-electron chi connectivity index (χ2n) is 8.34. The van der Waals surface area contributed by atoms with E-state index in [1.807, 2.05) is 24.3 Å². The van der Waals surface area contributed by atoms with Gasteiger partial charge in [0.15, 0.2) is 11.6 Å². The molecule has 32 heavy (non-hydrogen) atoms. The Kier molecular flexibility index (Phi) is 9.27. The Hall–Kier alpha value is -2.68. The van der Waals surface area contributed by atoms with Crippen LogP contribution in [0.25, 0.3) is 11.1 Å². The van der Waals surface area contributed by atoms with Crippen LogP contribution in [0.15, 0.2) is 72.4 Å². The van der Waals surface area contributed by atoms with E-state index < -0.39 is 11.6 Å². The van der Waals surface area contributed by atoms with Crippen LogP contribution in [0.1, 0.15) is 57.9 Å². The van der Waals surface area contributed by atoms with Gasteiger partial charge in [0, 0.05) is 5.56 Å². The summed E-state index contributed by atoms with van der Waals surface area (Å²) in [5.41, 5.74) is 3.73. The molecule has 0 amide bonds. The summed E-state index contributed by atoms with van der Waals surface area (Å²) in [6, 6.07) is 10.8. The van der Waals surface area contributed by atoms with Crippen LogP contribution in [0.2, 0.25) is 0 Å². The zero-order valence-electron chi connectivity index (χ0n) is 19.2. The zero-order chi connectivity index (χ0) is 22.8. The lowest BCUT2D eigenvalue weighted by atomic mass is 9.87. The van der Waals surface area contributed by atoms with Gasteiger partial charge < -0.3 is 4.74 Å². The number of rotatable bonds is 10. The average Bonchev–Trinajstić information content (AvgIpc) is 2.82. The first-order valence-corrected chi connectivity index (χ1v) is 11.8. The van der Waals surface area contributed by atoms with Gasteiger partial charge in [0.2, 0.25) is 5.82 Å². The van der Waals surface area contributed by atoms with E-state index >= 15 is 0 Å². The van der Waals surface area contributed by atoms with E-state index in [0.29, 0.717) is 18.1 Å². The highest BCUT2D eigenvalue weighted by atomic mass is 19.2. The molecule has 0 bridgehead atoms. The highest BCUT2D eigenvalue weighted by molar-refractivity contribution is 5.65.